The monoisotopic (exact) mass is 258 g/mol. The van der Waals surface area contributed by atoms with E-state index in [0.29, 0.717) is 18.0 Å². The van der Waals surface area contributed by atoms with Crippen molar-refractivity contribution in [1.29, 1.82) is 0 Å². The highest BCUT2D eigenvalue weighted by Crippen LogP contribution is 2.55. The summed E-state index contributed by atoms with van der Waals surface area (Å²) in [5, 5.41) is 0. The predicted molar refractivity (Wildman–Crippen MR) is 74.7 cm³/mol. The van der Waals surface area contributed by atoms with Crippen LogP contribution in [-0.4, -0.2) is 57.0 Å². The first kappa shape index (κ1) is 15.9. The van der Waals surface area contributed by atoms with E-state index >= 15 is 0 Å². The number of ether oxygens (including phenoxy) is 2. The number of hydrogen-bond acceptors (Lipinski definition) is 4. The van der Waals surface area contributed by atoms with Gasteiger partial charge in [-0.05, 0) is 32.1 Å². The van der Waals surface area contributed by atoms with Crippen molar-refractivity contribution in [3.63, 3.8) is 0 Å². The van der Waals surface area contributed by atoms with E-state index in [-0.39, 0.29) is 5.54 Å². The number of hydrogen-bond donors (Lipinski definition) is 1. The lowest BCUT2D eigenvalue weighted by molar-refractivity contribution is -0.0253. The molecule has 0 amide bonds. The molecule has 0 aromatic carbocycles. The van der Waals surface area contributed by atoms with Gasteiger partial charge in [0.1, 0.15) is 0 Å². The van der Waals surface area contributed by atoms with Crippen LogP contribution in [0.5, 0.6) is 0 Å². The van der Waals surface area contributed by atoms with Crippen molar-refractivity contribution in [2.24, 2.45) is 11.1 Å². The lowest BCUT2D eigenvalue weighted by Crippen LogP contribution is -2.61. The highest BCUT2D eigenvalue weighted by molar-refractivity contribution is 5.10. The molecule has 2 N–H and O–H groups in total. The van der Waals surface area contributed by atoms with Gasteiger partial charge in [-0.25, -0.2) is 0 Å². The van der Waals surface area contributed by atoms with Crippen LogP contribution in [0.3, 0.4) is 0 Å². The zero-order valence-electron chi connectivity index (χ0n) is 12.7. The largest absolute Gasteiger partial charge is 0.383 e. The van der Waals surface area contributed by atoms with Crippen LogP contribution in [0.15, 0.2) is 0 Å². The van der Waals surface area contributed by atoms with Crippen LogP contribution in [-0.2, 0) is 9.47 Å². The van der Waals surface area contributed by atoms with Crippen LogP contribution in [0.1, 0.15) is 33.6 Å². The molecule has 0 aromatic rings. The molecule has 0 bridgehead atoms. The molecule has 0 saturated heterocycles. The van der Waals surface area contributed by atoms with Gasteiger partial charge in [-0.1, -0.05) is 6.92 Å². The molecular weight excluding hydrogens is 228 g/mol. The Balaban J connectivity index is 2.84. The minimum absolute atomic E-state index is 0.0312. The smallest absolute Gasteiger partial charge is 0.0615 e. The van der Waals surface area contributed by atoms with Gasteiger partial charge in [0.25, 0.3) is 0 Å². The van der Waals surface area contributed by atoms with Gasteiger partial charge < -0.3 is 15.2 Å². The molecule has 0 heterocycles. The first-order valence-electron chi connectivity index (χ1n) is 6.90. The number of nitrogens with zero attached hydrogens (tertiary/aromatic N) is 1. The maximum absolute atomic E-state index is 6.12. The lowest BCUT2D eigenvalue weighted by atomic mass is 9.81. The summed E-state index contributed by atoms with van der Waals surface area (Å²) in [7, 11) is 3.50. The minimum atomic E-state index is 0.0312. The fourth-order valence-electron chi connectivity index (χ4n) is 2.91. The maximum atomic E-state index is 6.12. The van der Waals surface area contributed by atoms with Crippen molar-refractivity contribution < 1.29 is 9.47 Å². The van der Waals surface area contributed by atoms with Crippen molar-refractivity contribution in [1.82, 2.24) is 4.90 Å². The van der Waals surface area contributed by atoms with Crippen LogP contribution in [0.2, 0.25) is 0 Å². The van der Waals surface area contributed by atoms with E-state index in [4.69, 9.17) is 15.2 Å². The molecule has 4 heteroatoms. The van der Waals surface area contributed by atoms with Crippen molar-refractivity contribution in [2.45, 2.75) is 45.2 Å². The molecule has 1 aliphatic rings. The first-order valence-corrected chi connectivity index (χ1v) is 6.90. The zero-order valence-corrected chi connectivity index (χ0v) is 12.7. The summed E-state index contributed by atoms with van der Waals surface area (Å²) in [4.78, 5) is 2.48. The summed E-state index contributed by atoms with van der Waals surface area (Å²) in [6, 6.07) is 0.358. The van der Waals surface area contributed by atoms with E-state index in [1.807, 2.05) is 0 Å². The van der Waals surface area contributed by atoms with Crippen LogP contribution in [0.25, 0.3) is 0 Å². The Labute approximate surface area is 112 Å². The highest BCUT2D eigenvalue weighted by atomic mass is 16.5. The number of rotatable bonds is 9. The van der Waals surface area contributed by atoms with Gasteiger partial charge in [0.15, 0.2) is 0 Å². The molecule has 1 fully saturated rings. The van der Waals surface area contributed by atoms with E-state index in [0.717, 1.165) is 19.8 Å². The Hall–Kier alpha value is -0.160. The summed E-state index contributed by atoms with van der Waals surface area (Å²) in [6.45, 7) is 9.90. The van der Waals surface area contributed by atoms with Crippen molar-refractivity contribution in [2.75, 3.05) is 40.5 Å². The Morgan fingerprint density at radius 1 is 1.33 bits per heavy atom. The van der Waals surface area contributed by atoms with Crippen molar-refractivity contribution in [3.8, 4) is 0 Å². The minimum Gasteiger partial charge on any atom is -0.383 e. The lowest BCUT2D eigenvalue weighted by Gasteiger charge is -2.48. The fourth-order valence-corrected chi connectivity index (χ4v) is 2.91. The highest BCUT2D eigenvalue weighted by Gasteiger charge is 2.55. The van der Waals surface area contributed by atoms with Gasteiger partial charge in [0, 0.05) is 38.9 Å². The third kappa shape index (κ3) is 3.05. The molecule has 2 unspecified atom stereocenters. The zero-order chi connectivity index (χ0) is 13.8. The number of nitrogens with two attached hydrogens (primary N) is 1. The van der Waals surface area contributed by atoms with Crippen LogP contribution < -0.4 is 5.73 Å². The Morgan fingerprint density at radius 3 is 2.33 bits per heavy atom. The van der Waals surface area contributed by atoms with Crippen molar-refractivity contribution in [3.05, 3.63) is 0 Å². The molecule has 18 heavy (non-hydrogen) atoms. The summed E-state index contributed by atoms with van der Waals surface area (Å²) in [6.07, 6.45) is 2.54. The summed E-state index contributed by atoms with van der Waals surface area (Å²) in [5.74, 6) is 0. The molecule has 0 aliphatic heterocycles. The molecule has 108 valence electrons. The third-order valence-corrected chi connectivity index (χ3v) is 4.81. The van der Waals surface area contributed by atoms with Gasteiger partial charge in [0.2, 0.25) is 0 Å². The normalized spacial score (nSPS) is 22.8. The summed E-state index contributed by atoms with van der Waals surface area (Å²) in [5.41, 5.74) is 6.49. The van der Waals surface area contributed by atoms with E-state index in [2.05, 4.69) is 25.7 Å². The molecule has 0 radical (unpaired) electrons. The third-order valence-electron chi connectivity index (χ3n) is 4.81. The van der Waals surface area contributed by atoms with Crippen molar-refractivity contribution >= 4 is 0 Å². The van der Waals surface area contributed by atoms with Gasteiger partial charge in [-0.2, -0.15) is 0 Å². The van der Waals surface area contributed by atoms with Crippen LogP contribution in [0.4, 0.5) is 0 Å². The Bertz CT molecular complexity index is 256. The van der Waals surface area contributed by atoms with Gasteiger partial charge >= 0.3 is 0 Å². The van der Waals surface area contributed by atoms with Gasteiger partial charge in [0.05, 0.1) is 13.2 Å². The second-order valence-electron chi connectivity index (χ2n) is 6.03. The molecule has 0 aromatic heterocycles. The summed E-state index contributed by atoms with van der Waals surface area (Å²) >= 11 is 0. The van der Waals surface area contributed by atoms with E-state index in [1.54, 1.807) is 14.2 Å². The SMILES string of the molecule is COCCN(C(C)COC)C(C)(CN)C1(C)CC1. The second kappa shape index (κ2) is 6.33. The van der Waals surface area contributed by atoms with E-state index < -0.39 is 0 Å². The van der Waals surface area contributed by atoms with Crippen LogP contribution >= 0.6 is 0 Å². The molecular formula is C14H30N2O2. The number of methoxy groups -OCH3 is 2. The first-order chi connectivity index (χ1) is 8.45. The Morgan fingerprint density at radius 2 is 1.94 bits per heavy atom. The van der Waals surface area contributed by atoms with E-state index in [1.165, 1.54) is 12.8 Å². The fraction of sp³-hybridized carbons (Fsp3) is 1.00. The molecule has 2 atom stereocenters. The Kier molecular flexibility index (Phi) is 5.59. The average molecular weight is 258 g/mol. The standard InChI is InChI=1S/C14H30N2O2/c1-12(10-18-5)16(8-9-17-4)14(3,11-15)13(2)6-7-13/h12H,6-11,15H2,1-5H3. The molecule has 1 aliphatic carbocycles. The second-order valence-corrected chi connectivity index (χ2v) is 6.03. The van der Waals surface area contributed by atoms with Gasteiger partial charge in [-0.15, -0.1) is 0 Å². The average Bonchev–Trinajstić information content (AvgIpc) is 3.09. The molecule has 4 nitrogen and oxygen atoms in total. The van der Waals surface area contributed by atoms with Crippen LogP contribution in [0, 0.1) is 5.41 Å². The van der Waals surface area contributed by atoms with Gasteiger partial charge in [-0.3, -0.25) is 4.90 Å². The topological polar surface area (TPSA) is 47.7 Å². The predicted octanol–water partition coefficient (Wildman–Crippen LogP) is 1.49. The summed E-state index contributed by atoms with van der Waals surface area (Å²) < 4.78 is 10.6. The maximum Gasteiger partial charge on any atom is 0.0615 e. The molecule has 1 rings (SSSR count). The quantitative estimate of drug-likeness (QED) is 0.680. The molecule has 1 saturated carbocycles. The van der Waals surface area contributed by atoms with E-state index in [9.17, 15) is 0 Å². The molecule has 0 spiro atoms.